The van der Waals surface area contributed by atoms with Crippen molar-refractivity contribution < 1.29 is 23.9 Å². The van der Waals surface area contributed by atoms with Gasteiger partial charge in [-0.2, -0.15) is 0 Å². The number of aromatic amines is 2. The Balaban J connectivity index is 1.60. The minimum atomic E-state index is -0.330. The van der Waals surface area contributed by atoms with Crippen LogP contribution in [0.5, 0.6) is 0 Å². The molecule has 2 aromatic rings. The van der Waals surface area contributed by atoms with Crippen molar-refractivity contribution >= 4 is 40.0 Å². The lowest BCUT2D eigenvalue weighted by Crippen LogP contribution is -2.41. The van der Waals surface area contributed by atoms with Crippen LogP contribution in [0.2, 0.25) is 0 Å². The minimum Gasteiger partial charge on any atom is -0.466 e. The maximum absolute atomic E-state index is 14.9. The van der Waals surface area contributed by atoms with Gasteiger partial charge in [-0.05, 0) is 82.2 Å². The van der Waals surface area contributed by atoms with E-state index in [4.69, 9.17) is 19.4 Å². The van der Waals surface area contributed by atoms with Gasteiger partial charge < -0.3 is 19.4 Å². The predicted molar refractivity (Wildman–Crippen MR) is 236 cm³/mol. The number of ether oxygens (including phenoxy) is 2. The summed E-state index contributed by atoms with van der Waals surface area (Å²) >= 11 is 0. The summed E-state index contributed by atoms with van der Waals surface area (Å²) in [6.07, 6.45) is 11.8. The summed E-state index contributed by atoms with van der Waals surface area (Å²) in [4.78, 5) is 61.8. The van der Waals surface area contributed by atoms with Crippen LogP contribution in [0.1, 0.15) is 223 Å². The Bertz CT molecular complexity index is 2110. The molecule has 0 saturated carbocycles. The number of carbonyl (C=O) groups excluding carboxylic acids is 3. The van der Waals surface area contributed by atoms with E-state index in [9.17, 15) is 14.4 Å². The van der Waals surface area contributed by atoms with Crippen molar-refractivity contribution in [3.05, 3.63) is 69.1 Å². The van der Waals surface area contributed by atoms with Gasteiger partial charge in [-0.25, -0.2) is 4.98 Å². The van der Waals surface area contributed by atoms with Crippen molar-refractivity contribution in [2.75, 3.05) is 19.8 Å². The molecule has 0 aromatic carbocycles. The second kappa shape index (κ2) is 19.8. The molecule has 10 nitrogen and oxygen atoms in total. The summed E-state index contributed by atoms with van der Waals surface area (Å²) < 4.78 is 12.1. The monoisotopic (exact) mass is 808 g/mol. The molecule has 320 valence electrons. The molecule has 0 saturated heterocycles. The molecule has 2 aromatic heterocycles. The van der Waals surface area contributed by atoms with Crippen LogP contribution in [0.4, 0.5) is 0 Å². The molecule has 8 bridgehead atoms. The number of H-pyrrole nitrogens is 2. The Morgan fingerprint density at radius 1 is 0.780 bits per heavy atom. The van der Waals surface area contributed by atoms with Gasteiger partial charge in [0.15, 0.2) is 0 Å². The lowest BCUT2D eigenvalue weighted by molar-refractivity contribution is -0.143. The number of aromatic nitrogens is 4. The molecule has 59 heavy (non-hydrogen) atoms. The number of nitrogens with one attached hydrogen (secondary N) is 2. The maximum Gasteiger partial charge on any atom is 0.305 e. The molecule has 2 N–H and O–H groups in total. The summed E-state index contributed by atoms with van der Waals surface area (Å²) in [7, 11) is 0. The second-order valence-corrected chi connectivity index (χ2v) is 17.3. The molecule has 6 rings (SSSR count). The number of nitrogens with zero attached hydrogens (tertiary/aromatic N) is 3. The van der Waals surface area contributed by atoms with Crippen molar-refractivity contribution in [2.24, 2.45) is 0 Å². The number of unbranched alkanes of at least 4 members (excludes halogenated alkanes) is 7. The van der Waals surface area contributed by atoms with Crippen LogP contribution in [-0.2, 0) is 14.3 Å². The summed E-state index contributed by atoms with van der Waals surface area (Å²) in [5, 5.41) is 0. The number of carbonyl (C=O) groups is 3. The topological polar surface area (TPSA) is 130 Å². The molecule has 5 atom stereocenters. The molecule has 1 unspecified atom stereocenters. The summed E-state index contributed by atoms with van der Waals surface area (Å²) in [5.41, 5.74) is 10.5. The van der Waals surface area contributed by atoms with Gasteiger partial charge in [-0.1, -0.05) is 86.5 Å². The maximum atomic E-state index is 14.9. The van der Waals surface area contributed by atoms with Crippen molar-refractivity contribution in [2.45, 2.75) is 176 Å². The number of fused-ring (bicyclic) bond motifs is 8. The van der Waals surface area contributed by atoms with Gasteiger partial charge >= 0.3 is 5.97 Å². The fraction of sp³-hybridized carbons (Fsp3) is 0.612. The van der Waals surface area contributed by atoms with Gasteiger partial charge in [0.1, 0.15) is 0 Å². The average molecular weight is 808 g/mol. The van der Waals surface area contributed by atoms with E-state index >= 15 is 0 Å². The highest BCUT2D eigenvalue weighted by atomic mass is 16.5. The van der Waals surface area contributed by atoms with E-state index in [1.165, 1.54) is 24.2 Å². The Morgan fingerprint density at radius 2 is 1.49 bits per heavy atom. The molecule has 0 fully saturated rings. The van der Waals surface area contributed by atoms with Crippen molar-refractivity contribution in [3.63, 3.8) is 0 Å². The first-order chi connectivity index (χ1) is 28.4. The zero-order valence-electron chi connectivity index (χ0n) is 37.3. The largest absolute Gasteiger partial charge is 0.466 e. The van der Waals surface area contributed by atoms with Gasteiger partial charge in [0.2, 0.25) is 0 Å². The number of hydrogen-bond acceptors (Lipinski definition) is 7. The quantitative estimate of drug-likeness (QED) is 0.0821. The van der Waals surface area contributed by atoms with E-state index in [2.05, 4.69) is 76.6 Å². The zero-order chi connectivity index (χ0) is 42.4. The highest BCUT2D eigenvalue weighted by Crippen LogP contribution is 2.46. The molecule has 4 aliphatic heterocycles. The molecule has 2 amide bonds. The van der Waals surface area contributed by atoms with E-state index in [1.54, 1.807) is 0 Å². The van der Waals surface area contributed by atoms with Crippen molar-refractivity contribution in [1.82, 2.24) is 24.8 Å². The normalized spacial score (nSPS) is 20.1. The fourth-order valence-electron chi connectivity index (χ4n) is 9.54. The first-order valence-corrected chi connectivity index (χ1v) is 22.9. The third-order valence-corrected chi connectivity index (χ3v) is 13.2. The van der Waals surface area contributed by atoms with Gasteiger partial charge in [0.25, 0.3) is 11.8 Å². The van der Waals surface area contributed by atoms with Crippen LogP contribution in [0, 0.1) is 6.92 Å². The molecule has 6 heterocycles. The van der Waals surface area contributed by atoms with Crippen LogP contribution in [0.25, 0.3) is 22.2 Å². The van der Waals surface area contributed by atoms with Crippen molar-refractivity contribution in [1.29, 1.82) is 0 Å². The van der Waals surface area contributed by atoms with Crippen LogP contribution < -0.4 is 0 Å². The summed E-state index contributed by atoms with van der Waals surface area (Å²) in [6.45, 7) is 20.6. The zero-order valence-corrected chi connectivity index (χ0v) is 37.3. The molecule has 10 heteroatoms. The molecule has 0 aliphatic carbocycles. The predicted octanol–water partition coefficient (Wildman–Crippen LogP) is 11.7. The Kier molecular flexibility index (Phi) is 14.9. The smallest absolute Gasteiger partial charge is 0.305 e. The summed E-state index contributed by atoms with van der Waals surface area (Å²) in [5.74, 6) is -0.858. The van der Waals surface area contributed by atoms with Crippen LogP contribution in [0.15, 0.2) is 18.2 Å². The fourth-order valence-corrected chi connectivity index (χ4v) is 9.54. The lowest BCUT2D eigenvalue weighted by Gasteiger charge is -2.27. The van der Waals surface area contributed by atoms with E-state index in [-0.39, 0.29) is 54.0 Å². The number of aryl methyl sites for hydroxylation is 1. The number of imide groups is 1. The van der Waals surface area contributed by atoms with E-state index in [0.29, 0.717) is 48.5 Å². The Hall–Kier alpha value is -4.31. The van der Waals surface area contributed by atoms with Crippen molar-refractivity contribution in [3.8, 4) is 0 Å². The first kappa shape index (κ1) is 44.2. The number of amides is 2. The third kappa shape index (κ3) is 9.23. The number of esters is 1. The van der Waals surface area contributed by atoms with Gasteiger partial charge in [0.05, 0.1) is 46.4 Å². The van der Waals surface area contributed by atoms with Gasteiger partial charge in [-0.15, -0.1) is 0 Å². The summed E-state index contributed by atoms with van der Waals surface area (Å²) in [6, 6.07) is 6.42. The van der Waals surface area contributed by atoms with Gasteiger partial charge in [-0.3, -0.25) is 24.3 Å². The van der Waals surface area contributed by atoms with E-state index < -0.39 is 0 Å². The molecular weight excluding hydrogens is 739 g/mol. The highest BCUT2D eigenvalue weighted by Gasteiger charge is 2.41. The van der Waals surface area contributed by atoms with Gasteiger partial charge in [0, 0.05) is 71.4 Å². The average Bonchev–Trinajstić information content (AvgIpc) is 3.90. The van der Waals surface area contributed by atoms with Crippen LogP contribution in [0.3, 0.4) is 0 Å². The standard InChI is InChI=1S/C49H69N5O5/c1-10-14-16-18-20-25-58-33(9)43-31(7)38-26-37-30(6)35(21-22-42(55)59-24-12-3)46(52-37)45-47-44(48(56)54(49(45)57)23-19-17-15-11-2)32(8)39(53-47)27-40-34(13-4)29(5)36(50-40)28-41(43)51-38/h26-30,33-35,50,53H,10-25H2,1-9H3/t29-,30+,33?,34-,35+/m1/s1. The molecular formula is C49H69N5O5. The minimum absolute atomic E-state index is 0.141. The molecule has 0 radical (unpaired) electrons. The Morgan fingerprint density at radius 3 is 2.20 bits per heavy atom. The number of rotatable bonds is 19. The van der Waals surface area contributed by atoms with Crippen LogP contribution in [-0.4, -0.2) is 68.5 Å². The highest BCUT2D eigenvalue weighted by molar-refractivity contribution is 6.23. The Labute approximate surface area is 352 Å². The first-order valence-electron chi connectivity index (χ1n) is 22.9. The number of hydrogen-bond donors (Lipinski definition) is 2. The molecule has 4 aliphatic rings. The SMILES string of the molecule is CCCCCCCOC(C)C1=C(C)c2cc3nc(c4c5[nH]c(cc6[nH]c(cc1n2)[C@H](C)[C@H]6CC)c(C)c5C(=O)N(CCCCCC)C4=O)[C@@H](CCC(=O)OCCC)[C@@H]3C. The van der Waals surface area contributed by atoms with E-state index in [1.807, 2.05) is 13.8 Å². The van der Waals surface area contributed by atoms with E-state index in [0.717, 1.165) is 102 Å². The molecule has 0 spiro atoms. The lowest BCUT2D eigenvalue weighted by atomic mass is 9.84. The number of allylic oxidation sites excluding steroid dienone is 1. The second-order valence-electron chi connectivity index (χ2n) is 17.3. The third-order valence-electron chi connectivity index (χ3n) is 13.2. The van der Waals surface area contributed by atoms with Crippen LogP contribution >= 0.6 is 0 Å².